The lowest BCUT2D eigenvalue weighted by molar-refractivity contribution is -0.274. The smallest absolute Gasteiger partial charge is 0.406 e. The highest BCUT2D eigenvalue weighted by atomic mass is 19.4. The highest BCUT2D eigenvalue weighted by Crippen LogP contribution is 2.44. The molecule has 0 spiro atoms. The molecule has 1 aliphatic heterocycles. The minimum Gasteiger partial charge on any atom is -0.406 e. The first-order valence-corrected chi connectivity index (χ1v) is 9.84. The minimum atomic E-state index is -4.90. The fraction of sp³-hybridized carbons (Fsp3) is 0.208. The van der Waals surface area contributed by atoms with Crippen molar-refractivity contribution in [1.29, 1.82) is 0 Å². The Balaban J connectivity index is 1.74. The Bertz CT molecular complexity index is 1220. The van der Waals surface area contributed by atoms with Gasteiger partial charge in [-0.2, -0.15) is 13.2 Å². The second kappa shape index (κ2) is 7.83. The number of rotatable bonds is 4. The lowest BCUT2D eigenvalue weighted by atomic mass is 9.77. The van der Waals surface area contributed by atoms with Crippen molar-refractivity contribution in [3.05, 3.63) is 83.4 Å². The lowest BCUT2D eigenvalue weighted by Gasteiger charge is -2.24. The number of carbonyl (C=O) groups is 1. The molecular formula is C24H17F6NO2. The molecule has 9 heteroatoms. The predicted molar refractivity (Wildman–Crippen MR) is 110 cm³/mol. The first-order valence-electron chi connectivity index (χ1n) is 9.84. The van der Waals surface area contributed by atoms with Gasteiger partial charge in [0, 0.05) is 5.69 Å². The number of anilines is 1. The van der Waals surface area contributed by atoms with Crippen LogP contribution in [0.3, 0.4) is 0 Å². The summed E-state index contributed by atoms with van der Waals surface area (Å²) >= 11 is 0. The molecule has 1 N–H and O–H groups in total. The normalized spacial score (nSPS) is 18.1. The minimum absolute atomic E-state index is 0.107. The van der Waals surface area contributed by atoms with Crippen molar-refractivity contribution in [1.82, 2.24) is 0 Å². The standard InChI is InChI=1S/C24H17F6NO2/c1-22(13-16-5-2-3-8-20(16)33-24(28,29)30)18-12-15(9-10-19(18)31-21(22)32)14-6-4-7-17(11-14)23(25,26)27/h2-12H,13H2,1H3,(H,31,32). The maximum atomic E-state index is 13.1. The monoisotopic (exact) mass is 465 g/mol. The second-order valence-electron chi connectivity index (χ2n) is 7.96. The van der Waals surface area contributed by atoms with E-state index in [1.165, 1.54) is 36.4 Å². The summed E-state index contributed by atoms with van der Waals surface area (Å²) in [5.41, 5.74) is -0.229. The molecule has 1 aliphatic rings. The summed E-state index contributed by atoms with van der Waals surface area (Å²) in [6.07, 6.45) is -9.52. The molecule has 0 fully saturated rings. The van der Waals surface area contributed by atoms with Gasteiger partial charge in [-0.05, 0) is 65.9 Å². The van der Waals surface area contributed by atoms with Gasteiger partial charge < -0.3 is 10.1 Å². The number of ether oxygens (including phenoxy) is 1. The van der Waals surface area contributed by atoms with Crippen LogP contribution in [0.2, 0.25) is 0 Å². The van der Waals surface area contributed by atoms with Crippen LogP contribution in [-0.4, -0.2) is 12.3 Å². The molecule has 3 aromatic carbocycles. The fourth-order valence-electron chi connectivity index (χ4n) is 3.98. The van der Waals surface area contributed by atoms with Gasteiger partial charge in [0.2, 0.25) is 5.91 Å². The number of halogens is 6. The van der Waals surface area contributed by atoms with Gasteiger partial charge in [0.25, 0.3) is 0 Å². The number of hydrogen-bond donors (Lipinski definition) is 1. The number of nitrogens with one attached hydrogen (secondary N) is 1. The van der Waals surface area contributed by atoms with Crippen LogP contribution < -0.4 is 10.1 Å². The molecule has 0 aliphatic carbocycles. The van der Waals surface area contributed by atoms with Crippen LogP contribution in [0.25, 0.3) is 11.1 Å². The quantitative estimate of drug-likeness (QED) is 0.434. The van der Waals surface area contributed by atoms with Crippen molar-refractivity contribution in [2.45, 2.75) is 31.3 Å². The average molecular weight is 465 g/mol. The number of carbonyl (C=O) groups excluding carboxylic acids is 1. The third-order valence-corrected chi connectivity index (χ3v) is 5.63. The maximum Gasteiger partial charge on any atom is 0.573 e. The third-order valence-electron chi connectivity index (χ3n) is 5.63. The summed E-state index contributed by atoms with van der Waals surface area (Å²) in [5.74, 6) is -0.845. The van der Waals surface area contributed by atoms with E-state index in [1.54, 1.807) is 25.1 Å². The summed E-state index contributed by atoms with van der Waals surface area (Å²) in [4.78, 5) is 12.9. The van der Waals surface area contributed by atoms with E-state index in [0.717, 1.165) is 12.1 Å². The summed E-state index contributed by atoms with van der Waals surface area (Å²) in [6, 6.07) is 15.1. The van der Waals surface area contributed by atoms with Crippen molar-refractivity contribution < 1.29 is 35.9 Å². The Morgan fingerprint density at radius 2 is 1.58 bits per heavy atom. The van der Waals surface area contributed by atoms with E-state index in [4.69, 9.17) is 0 Å². The first-order chi connectivity index (χ1) is 15.4. The van der Waals surface area contributed by atoms with Crippen LogP contribution in [0, 0.1) is 0 Å². The number of benzene rings is 3. The molecule has 4 rings (SSSR count). The molecule has 0 bridgehead atoms. The second-order valence-corrected chi connectivity index (χ2v) is 7.96. The third kappa shape index (κ3) is 4.53. The molecule has 1 amide bonds. The van der Waals surface area contributed by atoms with Gasteiger partial charge >= 0.3 is 12.5 Å². The highest BCUT2D eigenvalue weighted by molar-refractivity contribution is 6.06. The van der Waals surface area contributed by atoms with Crippen LogP contribution in [-0.2, 0) is 22.8 Å². The molecule has 1 atom stereocenters. The fourth-order valence-corrected chi connectivity index (χ4v) is 3.98. The van der Waals surface area contributed by atoms with Crippen molar-refractivity contribution in [2.24, 2.45) is 0 Å². The first kappa shape index (κ1) is 22.7. The Morgan fingerprint density at radius 3 is 2.27 bits per heavy atom. The van der Waals surface area contributed by atoms with Gasteiger partial charge in [-0.25, -0.2) is 0 Å². The molecule has 0 aromatic heterocycles. The molecule has 1 heterocycles. The van der Waals surface area contributed by atoms with Crippen LogP contribution in [0.5, 0.6) is 5.75 Å². The van der Waals surface area contributed by atoms with Crippen molar-refractivity contribution >= 4 is 11.6 Å². The zero-order chi connectivity index (χ0) is 24.0. The van der Waals surface area contributed by atoms with Crippen molar-refractivity contribution in [3.63, 3.8) is 0 Å². The highest BCUT2D eigenvalue weighted by Gasteiger charge is 2.44. The zero-order valence-electron chi connectivity index (χ0n) is 17.1. The summed E-state index contributed by atoms with van der Waals surface area (Å²) in [6.45, 7) is 1.58. The van der Waals surface area contributed by atoms with E-state index < -0.39 is 35.2 Å². The van der Waals surface area contributed by atoms with Crippen molar-refractivity contribution in [3.8, 4) is 16.9 Å². The summed E-state index contributed by atoms with van der Waals surface area (Å²) < 4.78 is 82.0. The number of alkyl halides is 6. The van der Waals surface area contributed by atoms with E-state index in [1.807, 2.05) is 0 Å². The Labute approximate surface area is 185 Å². The van der Waals surface area contributed by atoms with E-state index in [9.17, 15) is 31.1 Å². The Morgan fingerprint density at radius 1 is 0.879 bits per heavy atom. The van der Waals surface area contributed by atoms with Crippen LogP contribution >= 0.6 is 0 Å². The number of fused-ring (bicyclic) bond motifs is 1. The van der Waals surface area contributed by atoms with E-state index in [2.05, 4.69) is 10.1 Å². The number of amides is 1. The Kier molecular flexibility index (Phi) is 5.38. The molecule has 172 valence electrons. The molecule has 33 heavy (non-hydrogen) atoms. The lowest BCUT2D eigenvalue weighted by Crippen LogP contribution is -2.33. The van der Waals surface area contributed by atoms with E-state index in [-0.39, 0.29) is 12.0 Å². The molecular weight excluding hydrogens is 448 g/mol. The zero-order valence-corrected chi connectivity index (χ0v) is 17.1. The van der Waals surface area contributed by atoms with Gasteiger partial charge in [-0.3, -0.25) is 4.79 Å². The molecule has 0 saturated carbocycles. The SMILES string of the molecule is CC1(Cc2ccccc2OC(F)(F)F)C(=O)Nc2ccc(-c3cccc(C(F)(F)F)c3)cc21. The predicted octanol–water partition coefficient (Wildman–Crippen LogP) is 6.72. The molecule has 3 aromatic rings. The van der Waals surface area contributed by atoms with E-state index >= 15 is 0 Å². The largest absolute Gasteiger partial charge is 0.573 e. The summed E-state index contributed by atoms with van der Waals surface area (Å²) in [5, 5.41) is 2.71. The van der Waals surface area contributed by atoms with Gasteiger partial charge in [0.05, 0.1) is 11.0 Å². The molecule has 3 nitrogen and oxygen atoms in total. The number of para-hydroxylation sites is 1. The molecule has 0 saturated heterocycles. The van der Waals surface area contributed by atoms with Crippen molar-refractivity contribution in [2.75, 3.05) is 5.32 Å². The van der Waals surface area contributed by atoms with Gasteiger partial charge in [0.1, 0.15) is 5.75 Å². The van der Waals surface area contributed by atoms with Gasteiger partial charge in [-0.1, -0.05) is 36.4 Å². The van der Waals surface area contributed by atoms with Crippen LogP contribution in [0.1, 0.15) is 23.6 Å². The molecule has 0 radical (unpaired) electrons. The summed E-state index contributed by atoms with van der Waals surface area (Å²) in [7, 11) is 0. The Hall–Kier alpha value is -3.49. The maximum absolute atomic E-state index is 13.1. The van der Waals surface area contributed by atoms with Gasteiger partial charge in [0.15, 0.2) is 0 Å². The van der Waals surface area contributed by atoms with Gasteiger partial charge in [-0.15, -0.1) is 13.2 Å². The topological polar surface area (TPSA) is 38.3 Å². The van der Waals surface area contributed by atoms with Crippen LogP contribution in [0.4, 0.5) is 32.0 Å². The van der Waals surface area contributed by atoms with E-state index in [0.29, 0.717) is 22.4 Å². The van der Waals surface area contributed by atoms with Crippen LogP contribution in [0.15, 0.2) is 66.7 Å². The molecule has 1 unspecified atom stereocenters. The average Bonchev–Trinajstić information content (AvgIpc) is 2.97. The number of hydrogen-bond acceptors (Lipinski definition) is 2.